The number of halogens is 1. The molecule has 8 heteroatoms. The monoisotopic (exact) mass is 498 g/mol. The van der Waals surface area contributed by atoms with Crippen molar-refractivity contribution in [1.82, 2.24) is 25.4 Å². The summed E-state index contributed by atoms with van der Waals surface area (Å²) in [5, 5.41) is 11.1. The summed E-state index contributed by atoms with van der Waals surface area (Å²) in [6, 6.07) is 8.49. The van der Waals surface area contributed by atoms with E-state index in [9.17, 15) is 0 Å². The van der Waals surface area contributed by atoms with Gasteiger partial charge in [-0.1, -0.05) is 30.7 Å². The highest BCUT2D eigenvalue weighted by Gasteiger charge is 2.36. The van der Waals surface area contributed by atoms with Crippen LogP contribution in [0, 0.1) is 5.41 Å². The van der Waals surface area contributed by atoms with Gasteiger partial charge in [0.1, 0.15) is 12.7 Å². The Bertz CT molecular complexity index is 730. The van der Waals surface area contributed by atoms with Crippen molar-refractivity contribution in [1.29, 1.82) is 0 Å². The maximum atomic E-state index is 5.28. The fourth-order valence-electron chi connectivity index (χ4n) is 3.53. The highest BCUT2D eigenvalue weighted by atomic mass is 127. The van der Waals surface area contributed by atoms with Crippen LogP contribution in [-0.2, 0) is 17.8 Å². The number of hydrogen-bond acceptors (Lipinski definition) is 4. The zero-order chi connectivity index (χ0) is 19.0. The van der Waals surface area contributed by atoms with Gasteiger partial charge in [0, 0.05) is 33.9 Å². The van der Waals surface area contributed by atoms with Crippen LogP contribution in [0.2, 0.25) is 0 Å². The van der Waals surface area contributed by atoms with Gasteiger partial charge in [-0.2, -0.15) is 5.10 Å². The summed E-state index contributed by atoms with van der Waals surface area (Å²) in [5.74, 6) is 0.848. The SMILES string of the molecule is CN=C(NCc1cccc(Cn2cncn2)c1)NCC1(CCOC)CCC1.I. The van der Waals surface area contributed by atoms with E-state index < -0.39 is 0 Å². The smallest absolute Gasteiger partial charge is 0.191 e. The molecule has 1 aromatic carbocycles. The number of ether oxygens (including phenoxy) is 1. The molecule has 0 atom stereocenters. The highest BCUT2D eigenvalue weighted by molar-refractivity contribution is 14.0. The van der Waals surface area contributed by atoms with E-state index in [0.717, 1.165) is 38.6 Å². The van der Waals surface area contributed by atoms with Gasteiger partial charge in [-0.25, -0.2) is 9.67 Å². The van der Waals surface area contributed by atoms with Crippen molar-refractivity contribution < 1.29 is 4.74 Å². The summed E-state index contributed by atoms with van der Waals surface area (Å²) in [4.78, 5) is 8.36. The molecule has 0 spiro atoms. The van der Waals surface area contributed by atoms with E-state index in [2.05, 4.69) is 50.0 Å². The molecule has 2 N–H and O–H groups in total. The van der Waals surface area contributed by atoms with Crippen molar-refractivity contribution in [3.63, 3.8) is 0 Å². The lowest BCUT2D eigenvalue weighted by atomic mass is 9.67. The van der Waals surface area contributed by atoms with E-state index in [1.807, 2.05) is 11.7 Å². The lowest BCUT2D eigenvalue weighted by molar-refractivity contribution is 0.0732. The molecular formula is C20H31IN6O. The Morgan fingerprint density at radius 3 is 2.75 bits per heavy atom. The standard InChI is InChI=1S/C20H30N6O.HI/c1-21-19(24-14-20(7-4-8-20)9-10-27-2)23-12-17-5-3-6-18(11-17)13-26-16-22-15-25-26;/h3,5-6,11,15-16H,4,7-10,12-14H2,1-2H3,(H2,21,23,24);1H. The molecule has 7 nitrogen and oxygen atoms in total. The summed E-state index contributed by atoms with van der Waals surface area (Å²) >= 11 is 0. The Kier molecular flexibility index (Phi) is 9.17. The van der Waals surface area contributed by atoms with E-state index in [4.69, 9.17) is 4.74 Å². The van der Waals surface area contributed by atoms with E-state index in [-0.39, 0.29) is 24.0 Å². The average molecular weight is 498 g/mol. The second-order valence-corrected chi connectivity index (χ2v) is 7.29. The zero-order valence-electron chi connectivity index (χ0n) is 16.7. The van der Waals surface area contributed by atoms with Gasteiger partial charge in [0.2, 0.25) is 0 Å². The van der Waals surface area contributed by atoms with Crippen molar-refractivity contribution in [2.24, 2.45) is 10.4 Å². The molecule has 0 amide bonds. The first-order chi connectivity index (χ1) is 13.2. The second-order valence-electron chi connectivity index (χ2n) is 7.29. The topological polar surface area (TPSA) is 76.4 Å². The number of aliphatic imine (C=N–C) groups is 1. The number of nitrogens with zero attached hydrogens (tertiary/aromatic N) is 4. The molecule has 0 radical (unpaired) electrons. The number of hydrogen-bond donors (Lipinski definition) is 2. The molecule has 0 aliphatic heterocycles. The fraction of sp³-hybridized carbons (Fsp3) is 0.550. The van der Waals surface area contributed by atoms with E-state index in [1.54, 1.807) is 19.8 Å². The fourth-order valence-corrected chi connectivity index (χ4v) is 3.53. The molecule has 1 heterocycles. The average Bonchev–Trinajstić information content (AvgIpc) is 3.16. The van der Waals surface area contributed by atoms with Crippen LogP contribution in [0.5, 0.6) is 0 Å². The molecule has 154 valence electrons. The molecule has 0 unspecified atom stereocenters. The molecule has 1 saturated carbocycles. The molecular weight excluding hydrogens is 467 g/mol. The first kappa shape index (κ1) is 22.6. The summed E-state index contributed by atoms with van der Waals surface area (Å²) in [6.07, 6.45) is 8.25. The first-order valence-electron chi connectivity index (χ1n) is 9.57. The Hall–Kier alpha value is -1.68. The Labute approximate surface area is 184 Å². The van der Waals surface area contributed by atoms with Gasteiger partial charge in [0.25, 0.3) is 0 Å². The van der Waals surface area contributed by atoms with Gasteiger partial charge in [0.05, 0.1) is 6.54 Å². The second kappa shape index (κ2) is 11.4. The minimum atomic E-state index is 0. The molecule has 1 aliphatic carbocycles. The minimum absolute atomic E-state index is 0. The number of benzene rings is 1. The van der Waals surface area contributed by atoms with Gasteiger partial charge in [0.15, 0.2) is 5.96 Å². The van der Waals surface area contributed by atoms with Crippen LogP contribution >= 0.6 is 24.0 Å². The van der Waals surface area contributed by atoms with Gasteiger partial charge >= 0.3 is 0 Å². The number of rotatable bonds is 9. The molecule has 28 heavy (non-hydrogen) atoms. The number of guanidine groups is 1. The lowest BCUT2D eigenvalue weighted by Gasteiger charge is -2.42. The van der Waals surface area contributed by atoms with Crippen molar-refractivity contribution in [2.45, 2.75) is 38.8 Å². The third-order valence-corrected chi connectivity index (χ3v) is 5.37. The van der Waals surface area contributed by atoms with Crippen LogP contribution in [0.4, 0.5) is 0 Å². The van der Waals surface area contributed by atoms with E-state index >= 15 is 0 Å². The largest absolute Gasteiger partial charge is 0.385 e. The van der Waals surface area contributed by atoms with E-state index in [1.165, 1.54) is 30.4 Å². The Balaban J connectivity index is 0.00000280. The minimum Gasteiger partial charge on any atom is -0.385 e. The van der Waals surface area contributed by atoms with Gasteiger partial charge in [-0.15, -0.1) is 24.0 Å². The predicted molar refractivity (Wildman–Crippen MR) is 122 cm³/mol. The normalized spacial score (nSPS) is 15.4. The molecule has 0 bridgehead atoms. The van der Waals surface area contributed by atoms with Crippen LogP contribution in [-0.4, -0.2) is 48.0 Å². The summed E-state index contributed by atoms with van der Waals surface area (Å²) in [5.41, 5.74) is 2.79. The lowest BCUT2D eigenvalue weighted by Crippen LogP contribution is -2.46. The Morgan fingerprint density at radius 1 is 1.29 bits per heavy atom. The summed E-state index contributed by atoms with van der Waals surface area (Å²) in [7, 11) is 3.59. The maximum Gasteiger partial charge on any atom is 0.191 e. The number of nitrogens with one attached hydrogen (secondary N) is 2. The zero-order valence-corrected chi connectivity index (χ0v) is 19.1. The summed E-state index contributed by atoms with van der Waals surface area (Å²) < 4.78 is 7.10. The van der Waals surface area contributed by atoms with Gasteiger partial charge in [-0.05, 0) is 35.8 Å². The van der Waals surface area contributed by atoms with Crippen molar-refractivity contribution in [3.05, 3.63) is 48.0 Å². The van der Waals surface area contributed by atoms with Crippen LogP contribution < -0.4 is 10.6 Å². The maximum absolute atomic E-state index is 5.28. The molecule has 1 fully saturated rings. The third-order valence-electron chi connectivity index (χ3n) is 5.37. The molecule has 1 aromatic heterocycles. The molecule has 2 aromatic rings. The van der Waals surface area contributed by atoms with Crippen molar-refractivity contribution >= 4 is 29.9 Å². The predicted octanol–water partition coefficient (Wildman–Crippen LogP) is 2.82. The van der Waals surface area contributed by atoms with Crippen molar-refractivity contribution in [2.75, 3.05) is 27.3 Å². The number of aromatic nitrogens is 3. The van der Waals surface area contributed by atoms with Gasteiger partial charge in [-0.3, -0.25) is 4.99 Å². The van der Waals surface area contributed by atoms with Crippen LogP contribution in [0.3, 0.4) is 0 Å². The van der Waals surface area contributed by atoms with Crippen LogP contribution in [0.15, 0.2) is 41.9 Å². The highest BCUT2D eigenvalue weighted by Crippen LogP contribution is 2.43. The van der Waals surface area contributed by atoms with Crippen molar-refractivity contribution in [3.8, 4) is 0 Å². The van der Waals surface area contributed by atoms with Crippen LogP contribution in [0.25, 0.3) is 0 Å². The molecule has 1 aliphatic rings. The Morgan fingerprint density at radius 2 is 2.11 bits per heavy atom. The van der Waals surface area contributed by atoms with E-state index in [0.29, 0.717) is 5.41 Å². The molecule has 0 saturated heterocycles. The summed E-state index contributed by atoms with van der Waals surface area (Å²) in [6.45, 7) is 3.23. The third kappa shape index (κ3) is 6.44. The van der Waals surface area contributed by atoms with Crippen LogP contribution in [0.1, 0.15) is 36.8 Å². The van der Waals surface area contributed by atoms with Gasteiger partial charge < -0.3 is 15.4 Å². The molecule has 3 rings (SSSR count). The quantitative estimate of drug-likeness (QED) is 0.316. The number of methoxy groups -OCH3 is 1. The first-order valence-corrected chi connectivity index (χ1v) is 9.57.